The molecule has 25 heavy (non-hydrogen) atoms. The average Bonchev–Trinajstić information content (AvgIpc) is 3.09. The maximum absolute atomic E-state index is 12.7. The molecule has 0 aliphatic rings. The van der Waals surface area contributed by atoms with Crippen molar-refractivity contribution in [1.29, 1.82) is 0 Å². The SMILES string of the molecule is Cc1ccc(S(=O)(=O)N[C@@H](Cc2ccccc2)Cc2ccco2)cc1. The van der Waals surface area contributed by atoms with Gasteiger partial charge in [0.05, 0.1) is 11.2 Å². The maximum Gasteiger partial charge on any atom is 0.240 e. The number of nitrogens with one attached hydrogen (secondary N) is 1. The molecule has 0 unspecified atom stereocenters. The fourth-order valence-corrected chi connectivity index (χ4v) is 3.97. The summed E-state index contributed by atoms with van der Waals surface area (Å²) in [6, 6.07) is 20.1. The van der Waals surface area contributed by atoms with E-state index < -0.39 is 10.0 Å². The van der Waals surface area contributed by atoms with Gasteiger partial charge in [0.15, 0.2) is 0 Å². The molecule has 2 aromatic carbocycles. The van der Waals surface area contributed by atoms with Gasteiger partial charge in [0.1, 0.15) is 5.76 Å². The lowest BCUT2D eigenvalue weighted by molar-refractivity contribution is 0.466. The molecule has 130 valence electrons. The zero-order valence-electron chi connectivity index (χ0n) is 14.1. The van der Waals surface area contributed by atoms with E-state index in [1.54, 1.807) is 30.5 Å². The second-order valence-corrected chi connectivity index (χ2v) is 7.82. The van der Waals surface area contributed by atoms with Crippen molar-refractivity contribution < 1.29 is 12.8 Å². The zero-order chi connectivity index (χ0) is 17.7. The number of furan rings is 1. The number of sulfonamides is 1. The molecule has 0 bridgehead atoms. The first-order valence-electron chi connectivity index (χ1n) is 8.18. The fourth-order valence-electron chi connectivity index (χ4n) is 2.73. The first-order valence-corrected chi connectivity index (χ1v) is 9.66. The quantitative estimate of drug-likeness (QED) is 0.703. The van der Waals surface area contributed by atoms with Crippen molar-refractivity contribution in [3.05, 3.63) is 89.9 Å². The van der Waals surface area contributed by atoms with E-state index in [1.807, 2.05) is 49.4 Å². The molecule has 0 spiro atoms. The van der Waals surface area contributed by atoms with Crippen LogP contribution in [0.5, 0.6) is 0 Å². The standard InChI is InChI=1S/C20H21NO3S/c1-16-9-11-20(12-10-16)25(22,23)21-18(15-19-8-5-13-24-19)14-17-6-3-2-4-7-17/h2-13,18,21H,14-15H2,1H3/t18-/m0/s1. The summed E-state index contributed by atoms with van der Waals surface area (Å²) in [6.45, 7) is 1.93. The number of hydrogen-bond acceptors (Lipinski definition) is 3. The third-order valence-corrected chi connectivity index (χ3v) is 5.54. The summed E-state index contributed by atoms with van der Waals surface area (Å²) in [5, 5.41) is 0. The van der Waals surface area contributed by atoms with Gasteiger partial charge in [-0.25, -0.2) is 13.1 Å². The Morgan fingerprint density at radius 1 is 0.920 bits per heavy atom. The Labute approximate surface area is 148 Å². The molecule has 1 heterocycles. The third-order valence-electron chi connectivity index (χ3n) is 4.01. The van der Waals surface area contributed by atoms with Gasteiger partial charge in [-0.3, -0.25) is 0 Å². The molecule has 1 aromatic heterocycles. The van der Waals surface area contributed by atoms with Gasteiger partial charge in [-0.1, -0.05) is 48.0 Å². The van der Waals surface area contributed by atoms with Gasteiger partial charge >= 0.3 is 0 Å². The molecular formula is C20H21NO3S. The summed E-state index contributed by atoms with van der Waals surface area (Å²) in [5.41, 5.74) is 2.10. The van der Waals surface area contributed by atoms with E-state index in [4.69, 9.17) is 4.42 Å². The first kappa shape index (κ1) is 17.5. The van der Waals surface area contributed by atoms with E-state index in [0.717, 1.165) is 16.9 Å². The number of aryl methyl sites for hydroxylation is 1. The lowest BCUT2D eigenvalue weighted by atomic mass is 10.0. The van der Waals surface area contributed by atoms with Crippen LogP contribution in [0.1, 0.15) is 16.9 Å². The van der Waals surface area contributed by atoms with Crippen LogP contribution in [-0.2, 0) is 22.9 Å². The summed E-state index contributed by atoms with van der Waals surface area (Å²) in [5.74, 6) is 0.757. The van der Waals surface area contributed by atoms with Gasteiger partial charge < -0.3 is 4.42 Å². The molecule has 0 saturated heterocycles. The minimum atomic E-state index is -3.59. The van der Waals surface area contributed by atoms with E-state index in [0.29, 0.717) is 12.8 Å². The molecular weight excluding hydrogens is 334 g/mol. The molecule has 1 N–H and O–H groups in total. The summed E-state index contributed by atoms with van der Waals surface area (Å²) < 4.78 is 33.7. The molecule has 1 atom stereocenters. The average molecular weight is 355 g/mol. The predicted octanol–water partition coefficient (Wildman–Crippen LogP) is 3.72. The third kappa shape index (κ3) is 4.81. The summed E-state index contributed by atoms with van der Waals surface area (Å²) in [7, 11) is -3.59. The molecule has 0 aliphatic heterocycles. The highest BCUT2D eigenvalue weighted by Crippen LogP contribution is 2.15. The Morgan fingerprint density at radius 2 is 1.64 bits per heavy atom. The largest absolute Gasteiger partial charge is 0.469 e. The lowest BCUT2D eigenvalue weighted by Crippen LogP contribution is -2.38. The second kappa shape index (κ2) is 7.68. The van der Waals surface area contributed by atoms with Crippen LogP contribution in [0.4, 0.5) is 0 Å². The van der Waals surface area contributed by atoms with Crippen LogP contribution >= 0.6 is 0 Å². The minimum Gasteiger partial charge on any atom is -0.469 e. The topological polar surface area (TPSA) is 59.3 Å². The van der Waals surface area contributed by atoms with Crippen LogP contribution in [0.25, 0.3) is 0 Å². The smallest absolute Gasteiger partial charge is 0.240 e. The number of rotatable bonds is 7. The second-order valence-electron chi connectivity index (χ2n) is 6.10. The molecule has 0 amide bonds. The van der Waals surface area contributed by atoms with E-state index in [2.05, 4.69) is 4.72 Å². The summed E-state index contributed by atoms with van der Waals surface area (Å²) >= 11 is 0. The molecule has 3 rings (SSSR count). The van der Waals surface area contributed by atoms with Gasteiger partial charge in [-0.05, 0) is 43.2 Å². The molecule has 4 nitrogen and oxygen atoms in total. The van der Waals surface area contributed by atoms with Crippen LogP contribution < -0.4 is 4.72 Å². The minimum absolute atomic E-state index is 0.274. The van der Waals surface area contributed by atoms with Crippen molar-refractivity contribution in [3.8, 4) is 0 Å². The molecule has 3 aromatic rings. The Kier molecular flexibility index (Phi) is 5.36. The van der Waals surface area contributed by atoms with E-state index in [-0.39, 0.29) is 10.9 Å². The Morgan fingerprint density at radius 3 is 2.28 bits per heavy atom. The van der Waals surface area contributed by atoms with Crippen LogP contribution in [-0.4, -0.2) is 14.5 Å². The van der Waals surface area contributed by atoms with Gasteiger partial charge in [-0.2, -0.15) is 0 Å². The van der Waals surface area contributed by atoms with Gasteiger partial charge in [0, 0.05) is 12.5 Å². The van der Waals surface area contributed by atoms with Crippen molar-refractivity contribution in [2.24, 2.45) is 0 Å². The molecule has 0 fully saturated rings. The van der Waals surface area contributed by atoms with E-state index in [9.17, 15) is 8.42 Å². The van der Waals surface area contributed by atoms with Crippen molar-refractivity contribution in [2.45, 2.75) is 30.7 Å². The van der Waals surface area contributed by atoms with Crippen molar-refractivity contribution >= 4 is 10.0 Å². The molecule has 0 saturated carbocycles. The Bertz CT molecular complexity index is 886. The first-order chi connectivity index (χ1) is 12.0. The molecule has 0 aliphatic carbocycles. The predicted molar refractivity (Wildman–Crippen MR) is 97.8 cm³/mol. The maximum atomic E-state index is 12.7. The van der Waals surface area contributed by atoms with Crippen molar-refractivity contribution in [3.63, 3.8) is 0 Å². The lowest BCUT2D eigenvalue weighted by Gasteiger charge is -2.18. The summed E-state index contributed by atoms with van der Waals surface area (Å²) in [4.78, 5) is 0.274. The zero-order valence-corrected chi connectivity index (χ0v) is 14.9. The van der Waals surface area contributed by atoms with Crippen LogP contribution in [0.2, 0.25) is 0 Å². The van der Waals surface area contributed by atoms with Crippen LogP contribution in [0.3, 0.4) is 0 Å². The van der Waals surface area contributed by atoms with Crippen molar-refractivity contribution in [1.82, 2.24) is 4.72 Å². The molecule has 5 heteroatoms. The van der Waals surface area contributed by atoms with E-state index in [1.165, 1.54) is 0 Å². The summed E-state index contributed by atoms with van der Waals surface area (Å²) in [6.07, 6.45) is 2.68. The van der Waals surface area contributed by atoms with Gasteiger partial charge in [0.2, 0.25) is 10.0 Å². The fraction of sp³-hybridized carbons (Fsp3) is 0.200. The highest BCUT2D eigenvalue weighted by Gasteiger charge is 2.21. The monoisotopic (exact) mass is 355 g/mol. The van der Waals surface area contributed by atoms with Crippen LogP contribution in [0, 0.1) is 6.92 Å². The van der Waals surface area contributed by atoms with Gasteiger partial charge in [0.25, 0.3) is 0 Å². The molecule has 0 radical (unpaired) electrons. The highest BCUT2D eigenvalue weighted by atomic mass is 32.2. The normalized spacial score (nSPS) is 12.8. The highest BCUT2D eigenvalue weighted by molar-refractivity contribution is 7.89. The Hall–Kier alpha value is -2.37. The number of hydrogen-bond donors (Lipinski definition) is 1. The van der Waals surface area contributed by atoms with Gasteiger partial charge in [-0.15, -0.1) is 0 Å². The Balaban J connectivity index is 1.81. The van der Waals surface area contributed by atoms with Crippen molar-refractivity contribution in [2.75, 3.05) is 0 Å². The van der Waals surface area contributed by atoms with Crippen LogP contribution in [0.15, 0.2) is 82.3 Å². The number of benzene rings is 2. The van der Waals surface area contributed by atoms with E-state index >= 15 is 0 Å².